The average molecular weight is 211 g/mol. The summed E-state index contributed by atoms with van der Waals surface area (Å²) in [7, 11) is 0. The molecule has 0 saturated carbocycles. The van der Waals surface area contributed by atoms with Crippen LogP contribution in [0.4, 0.5) is 0 Å². The van der Waals surface area contributed by atoms with E-state index < -0.39 is 12.0 Å². The number of aromatic nitrogens is 2. The Morgan fingerprint density at radius 2 is 2.33 bits per heavy atom. The molecule has 0 radical (unpaired) electrons. The molecule has 1 unspecified atom stereocenters. The third kappa shape index (κ3) is 4.12. The van der Waals surface area contributed by atoms with Crippen molar-refractivity contribution in [3.8, 4) is 0 Å². The fraction of sp³-hybridized carbons (Fsp3) is 0.600. The second-order valence-corrected chi connectivity index (χ2v) is 3.77. The van der Waals surface area contributed by atoms with Crippen LogP contribution >= 0.6 is 0 Å². The van der Waals surface area contributed by atoms with Gasteiger partial charge in [-0.05, 0) is 12.5 Å². The Bertz CT molecular complexity index is 296. The fourth-order valence-corrected chi connectivity index (χ4v) is 1.37. The van der Waals surface area contributed by atoms with Crippen molar-refractivity contribution in [2.45, 2.75) is 38.9 Å². The van der Waals surface area contributed by atoms with E-state index >= 15 is 0 Å². The first-order chi connectivity index (χ1) is 7.09. The van der Waals surface area contributed by atoms with Gasteiger partial charge in [-0.15, -0.1) is 0 Å². The van der Waals surface area contributed by atoms with Crippen molar-refractivity contribution in [2.75, 3.05) is 0 Å². The van der Waals surface area contributed by atoms with Crippen LogP contribution in [0.1, 0.15) is 20.3 Å². The summed E-state index contributed by atoms with van der Waals surface area (Å²) >= 11 is 0. The SMILES string of the molecule is CC(C)NC(CCn1cccn1)C(=O)O. The van der Waals surface area contributed by atoms with Gasteiger partial charge in [0, 0.05) is 25.0 Å². The molecule has 0 aliphatic heterocycles. The number of aliphatic carboxylic acids is 1. The molecule has 5 heteroatoms. The van der Waals surface area contributed by atoms with Gasteiger partial charge >= 0.3 is 5.97 Å². The fourth-order valence-electron chi connectivity index (χ4n) is 1.37. The van der Waals surface area contributed by atoms with Gasteiger partial charge in [-0.25, -0.2) is 0 Å². The molecule has 84 valence electrons. The lowest BCUT2D eigenvalue weighted by Crippen LogP contribution is -2.41. The predicted molar refractivity (Wildman–Crippen MR) is 56.5 cm³/mol. The van der Waals surface area contributed by atoms with Crippen molar-refractivity contribution in [1.29, 1.82) is 0 Å². The van der Waals surface area contributed by atoms with Gasteiger partial charge in [-0.2, -0.15) is 5.10 Å². The number of rotatable bonds is 6. The highest BCUT2D eigenvalue weighted by Gasteiger charge is 2.17. The maximum atomic E-state index is 10.9. The number of hydrogen-bond donors (Lipinski definition) is 2. The quantitative estimate of drug-likeness (QED) is 0.727. The van der Waals surface area contributed by atoms with E-state index in [4.69, 9.17) is 5.11 Å². The van der Waals surface area contributed by atoms with E-state index in [2.05, 4.69) is 10.4 Å². The second kappa shape index (κ2) is 5.50. The smallest absolute Gasteiger partial charge is 0.320 e. The number of aryl methyl sites for hydroxylation is 1. The summed E-state index contributed by atoms with van der Waals surface area (Å²) in [4.78, 5) is 10.9. The summed E-state index contributed by atoms with van der Waals surface area (Å²) in [6, 6.07) is 1.49. The van der Waals surface area contributed by atoms with Crippen molar-refractivity contribution in [2.24, 2.45) is 0 Å². The van der Waals surface area contributed by atoms with Gasteiger partial charge in [-0.3, -0.25) is 9.48 Å². The number of nitrogens with one attached hydrogen (secondary N) is 1. The second-order valence-electron chi connectivity index (χ2n) is 3.77. The molecule has 0 aromatic carbocycles. The van der Waals surface area contributed by atoms with Crippen LogP contribution in [0.3, 0.4) is 0 Å². The summed E-state index contributed by atoms with van der Waals surface area (Å²) in [5.41, 5.74) is 0. The molecule has 0 aliphatic rings. The standard InChI is InChI=1S/C10H17N3O2/c1-8(2)12-9(10(14)15)4-7-13-6-3-5-11-13/h3,5-6,8-9,12H,4,7H2,1-2H3,(H,14,15). The van der Waals surface area contributed by atoms with Crippen LogP contribution in [-0.2, 0) is 11.3 Å². The lowest BCUT2D eigenvalue weighted by atomic mass is 10.2. The third-order valence-electron chi connectivity index (χ3n) is 2.04. The van der Waals surface area contributed by atoms with Crippen LogP contribution in [0, 0.1) is 0 Å². The Morgan fingerprint density at radius 3 is 2.80 bits per heavy atom. The van der Waals surface area contributed by atoms with E-state index in [1.54, 1.807) is 10.9 Å². The molecule has 1 heterocycles. The van der Waals surface area contributed by atoms with E-state index in [9.17, 15) is 4.79 Å². The van der Waals surface area contributed by atoms with Crippen LogP contribution in [0.15, 0.2) is 18.5 Å². The Morgan fingerprint density at radius 1 is 1.60 bits per heavy atom. The molecule has 1 aromatic rings. The van der Waals surface area contributed by atoms with Crippen LogP contribution in [0.2, 0.25) is 0 Å². The van der Waals surface area contributed by atoms with Crippen LogP contribution in [-0.4, -0.2) is 32.9 Å². The summed E-state index contributed by atoms with van der Waals surface area (Å²) in [6.07, 6.45) is 4.05. The van der Waals surface area contributed by atoms with Crippen LogP contribution in [0.5, 0.6) is 0 Å². The first-order valence-corrected chi connectivity index (χ1v) is 5.06. The van der Waals surface area contributed by atoms with Crippen molar-refractivity contribution in [3.63, 3.8) is 0 Å². The van der Waals surface area contributed by atoms with Gasteiger partial charge in [0.1, 0.15) is 6.04 Å². The molecule has 2 N–H and O–H groups in total. The average Bonchev–Trinajstić information content (AvgIpc) is 2.63. The first-order valence-electron chi connectivity index (χ1n) is 5.06. The summed E-state index contributed by atoms with van der Waals surface area (Å²) in [6.45, 7) is 4.48. The monoisotopic (exact) mass is 211 g/mol. The molecule has 0 aliphatic carbocycles. The van der Waals surface area contributed by atoms with E-state index in [1.807, 2.05) is 26.1 Å². The number of carboxylic acids is 1. The number of carbonyl (C=O) groups is 1. The van der Waals surface area contributed by atoms with Crippen molar-refractivity contribution in [1.82, 2.24) is 15.1 Å². The topological polar surface area (TPSA) is 67.2 Å². The maximum absolute atomic E-state index is 10.9. The minimum absolute atomic E-state index is 0.170. The summed E-state index contributed by atoms with van der Waals surface area (Å²) < 4.78 is 1.73. The van der Waals surface area contributed by atoms with E-state index in [-0.39, 0.29) is 6.04 Å². The van der Waals surface area contributed by atoms with Crippen molar-refractivity contribution < 1.29 is 9.90 Å². The highest BCUT2D eigenvalue weighted by atomic mass is 16.4. The number of nitrogens with zero attached hydrogens (tertiary/aromatic N) is 2. The molecule has 1 atom stereocenters. The molecule has 0 amide bonds. The van der Waals surface area contributed by atoms with Gasteiger partial charge in [-0.1, -0.05) is 13.8 Å². The minimum atomic E-state index is -0.809. The lowest BCUT2D eigenvalue weighted by Gasteiger charge is -2.16. The predicted octanol–water partition coefficient (Wildman–Crippen LogP) is 0.724. The van der Waals surface area contributed by atoms with Crippen LogP contribution < -0.4 is 5.32 Å². The zero-order valence-corrected chi connectivity index (χ0v) is 9.05. The Kier molecular flexibility index (Phi) is 4.30. The highest BCUT2D eigenvalue weighted by molar-refractivity contribution is 5.73. The normalized spacial score (nSPS) is 13.0. The van der Waals surface area contributed by atoms with Crippen molar-refractivity contribution >= 4 is 5.97 Å². The van der Waals surface area contributed by atoms with E-state index in [0.717, 1.165) is 0 Å². The Balaban J connectivity index is 2.41. The molecule has 0 saturated heterocycles. The molecular formula is C10H17N3O2. The number of hydrogen-bond acceptors (Lipinski definition) is 3. The molecular weight excluding hydrogens is 194 g/mol. The summed E-state index contributed by atoms with van der Waals surface area (Å²) in [5.74, 6) is -0.809. The Hall–Kier alpha value is -1.36. The van der Waals surface area contributed by atoms with Gasteiger partial charge < -0.3 is 10.4 Å². The zero-order valence-electron chi connectivity index (χ0n) is 9.05. The van der Waals surface area contributed by atoms with Gasteiger partial charge in [0.2, 0.25) is 0 Å². The molecule has 1 rings (SSSR count). The van der Waals surface area contributed by atoms with Gasteiger partial charge in [0.15, 0.2) is 0 Å². The minimum Gasteiger partial charge on any atom is -0.480 e. The first kappa shape index (κ1) is 11.7. The molecule has 0 spiro atoms. The van der Waals surface area contributed by atoms with Gasteiger partial charge in [0.25, 0.3) is 0 Å². The maximum Gasteiger partial charge on any atom is 0.320 e. The third-order valence-corrected chi connectivity index (χ3v) is 2.04. The molecule has 1 aromatic heterocycles. The van der Waals surface area contributed by atoms with Crippen molar-refractivity contribution in [3.05, 3.63) is 18.5 Å². The van der Waals surface area contributed by atoms with Crippen LogP contribution in [0.25, 0.3) is 0 Å². The number of carboxylic acid groups (broad SMARTS) is 1. The van der Waals surface area contributed by atoms with E-state index in [1.165, 1.54) is 0 Å². The molecule has 0 fully saturated rings. The van der Waals surface area contributed by atoms with E-state index in [0.29, 0.717) is 13.0 Å². The molecule has 0 bridgehead atoms. The lowest BCUT2D eigenvalue weighted by molar-refractivity contribution is -0.139. The largest absolute Gasteiger partial charge is 0.480 e. The Labute approximate surface area is 89.1 Å². The summed E-state index contributed by atoms with van der Waals surface area (Å²) in [5, 5.41) is 16.0. The molecule has 5 nitrogen and oxygen atoms in total. The molecule has 15 heavy (non-hydrogen) atoms. The highest BCUT2D eigenvalue weighted by Crippen LogP contribution is 1.98. The van der Waals surface area contributed by atoms with Gasteiger partial charge in [0.05, 0.1) is 0 Å². The zero-order chi connectivity index (χ0) is 11.3.